The average molecular weight is 431 g/mol. The van der Waals surface area contributed by atoms with Crippen LogP contribution in [0.5, 0.6) is 0 Å². The van der Waals surface area contributed by atoms with Crippen LogP contribution in [0, 0.1) is 0 Å². The van der Waals surface area contributed by atoms with E-state index in [0.29, 0.717) is 11.3 Å². The first kappa shape index (κ1) is 22.0. The van der Waals surface area contributed by atoms with Crippen LogP contribution < -0.4 is 4.90 Å². The summed E-state index contributed by atoms with van der Waals surface area (Å²) in [6.07, 6.45) is 3.12. The molecular formula is C22H26N2O5S. The van der Waals surface area contributed by atoms with Gasteiger partial charge in [-0.2, -0.15) is 0 Å². The summed E-state index contributed by atoms with van der Waals surface area (Å²) in [5, 5.41) is 0. The van der Waals surface area contributed by atoms with Crippen LogP contribution in [0.4, 0.5) is 5.69 Å². The molecule has 2 aromatic carbocycles. The first-order valence-corrected chi connectivity index (χ1v) is 11.3. The molecule has 0 amide bonds. The monoisotopic (exact) mass is 430 g/mol. The molecule has 0 bridgehead atoms. The maximum Gasteiger partial charge on any atom is 0.340 e. The number of Topliss-reactive ketones (excluding diaryl/α,β-unsaturated/α-hetero) is 1. The molecule has 30 heavy (non-hydrogen) atoms. The minimum atomic E-state index is -3.71. The van der Waals surface area contributed by atoms with E-state index in [9.17, 15) is 18.0 Å². The predicted octanol–water partition coefficient (Wildman–Crippen LogP) is 2.97. The zero-order valence-electron chi connectivity index (χ0n) is 17.2. The van der Waals surface area contributed by atoms with Gasteiger partial charge in [0.1, 0.15) is 0 Å². The summed E-state index contributed by atoms with van der Waals surface area (Å²) in [4.78, 5) is 27.2. The van der Waals surface area contributed by atoms with Crippen molar-refractivity contribution in [2.45, 2.75) is 24.2 Å². The average Bonchev–Trinajstić information content (AvgIpc) is 2.77. The highest BCUT2D eigenvalue weighted by Crippen LogP contribution is 2.28. The molecule has 0 N–H and O–H groups in total. The van der Waals surface area contributed by atoms with Crippen LogP contribution in [0.2, 0.25) is 0 Å². The molecule has 1 fully saturated rings. The van der Waals surface area contributed by atoms with Gasteiger partial charge in [-0.15, -0.1) is 0 Å². The Balaban J connectivity index is 1.88. The molecule has 8 heteroatoms. The molecule has 1 aliphatic heterocycles. The number of piperidine rings is 1. The smallest absolute Gasteiger partial charge is 0.340 e. The fourth-order valence-electron chi connectivity index (χ4n) is 3.38. The predicted molar refractivity (Wildman–Crippen MR) is 114 cm³/mol. The lowest BCUT2D eigenvalue weighted by Gasteiger charge is -2.30. The van der Waals surface area contributed by atoms with Gasteiger partial charge in [-0.3, -0.25) is 4.79 Å². The highest BCUT2D eigenvalue weighted by Gasteiger charge is 2.25. The summed E-state index contributed by atoms with van der Waals surface area (Å²) in [7, 11) is -0.845. The second-order valence-electron chi connectivity index (χ2n) is 7.38. The quantitative estimate of drug-likeness (QED) is 0.496. The van der Waals surface area contributed by atoms with E-state index < -0.39 is 22.6 Å². The third-order valence-corrected chi connectivity index (χ3v) is 6.90. The fraction of sp³-hybridized carbons (Fsp3) is 0.364. The number of benzene rings is 2. The number of ether oxygens (including phenoxy) is 1. The van der Waals surface area contributed by atoms with Crippen molar-refractivity contribution in [2.24, 2.45) is 0 Å². The van der Waals surface area contributed by atoms with E-state index in [4.69, 9.17) is 4.74 Å². The molecule has 1 saturated heterocycles. The van der Waals surface area contributed by atoms with Gasteiger partial charge in [-0.05, 0) is 37.5 Å². The molecule has 0 saturated carbocycles. The number of carbonyl (C=O) groups excluding carboxylic acids is 2. The minimum absolute atomic E-state index is 0.00888. The Bertz CT molecular complexity index is 1010. The van der Waals surface area contributed by atoms with Gasteiger partial charge in [-0.1, -0.05) is 30.3 Å². The first-order chi connectivity index (χ1) is 14.3. The second kappa shape index (κ2) is 9.40. The highest BCUT2D eigenvalue weighted by molar-refractivity contribution is 7.89. The summed E-state index contributed by atoms with van der Waals surface area (Å²) in [6, 6.07) is 13.1. The number of hydrogen-bond donors (Lipinski definition) is 0. The van der Waals surface area contributed by atoms with Gasteiger partial charge >= 0.3 is 5.97 Å². The first-order valence-electron chi connectivity index (χ1n) is 9.87. The number of sulfonamides is 1. The molecular weight excluding hydrogens is 404 g/mol. The van der Waals surface area contributed by atoms with Gasteiger partial charge in [-0.25, -0.2) is 17.5 Å². The van der Waals surface area contributed by atoms with Gasteiger partial charge in [0.25, 0.3) is 0 Å². The van der Waals surface area contributed by atoms with E-state index in [1.54, 1.807) is 36.4 Å². The lowest BCUT2D eigenvalue weighted by molar-refractivity contribution is 0.0475. The molecule has 1 heterocycles. The number of ketones is 1. The van der Waals surface area contributed by atoms with Crippen molar-refractivity contribution in [3.63, 3.8) is 0 Å². The van der Waals surface area contributed by atoms with Crippen molar-refractivity contribution in [3.05, 3.63) is 59.7 Å². The Hall–Kier alpha value is -2.71. The Labute approximate surface area is 177 Å². The molecule has 0 aromatic heterocycles. The van der Waals surface area contributed by atoms with Crippen molar-refractivity contribution in [3.8, 4) is 0 Å². The van der Waals surface area contributed by atoms with Crippen molar-refractivity contribution in [1.29, 1.82) is 0 Å². The maximum atomic E-state index is 12.9. The molecule has 2 aromatic rings. The Morgan fingerprint density at radius 1 is 1.00 bits per heavy atom. The van der Waals surface area contributed by atoms with Gasteiger partial charge in [0.15, 0.2) is 12.4 Å². The molecule has 1 aliphatic rings. The molecule has 0 unspecified atom stereocenters. The second-order valence-corrected chi connectivity index (χ2v) is 9.53. The van der Waals surface area contributed by atoms with E-state index in [1.807, 2.05) is 0 Å². The Morgan fingerprint density at radius 2 is 1.67 bits per heavy atom. The molecule has 0 radical (unpaired) electrons. The summed E-state index contributed by atoms with van der Waals surface area (Å²) in [6.45, 7) is 1.15. The molecule has 7 nitrogen and oxygen atoms in total. The number of anilines is 1. The van der Waals surface area contributed by atoms with E-state index >= 15 is 0 Å². The molecule has 160 valence electrons. The Morgan fingerprint density at radius 3 is 2.30 bits per heavy atom. The summed E-state index contributed by atoms with van der Waals surface area (Å²) in [5.41, 5.74) is 1.23. The molecule has 0 spiro atoms. The zero-order chi connectivity index (χ0) is 21.7. The van der Waals surface area contributed by atoms with Crippen LogP contribution in [0.1, 0.15) is 40.0 Å². The van der Waals surface area contributed by atoms with E-state index in [-0.39, 0.29) is 16.2 Å². The fourth-order valence-corrected chi connectivity index (χ4v) is 4.31. The van der Waals surface area contributed by atoms with Gasteiger partial charge in [0.05, 0.1) is 16.1 Å². The van der Waals surface area contributed by atoms with Crippen molar-refractivity contribution in [1.82, 2.24) is 4.31 Å². The summed E-state index contributed by atoms with van der Waals surface area (Å²) in [5.74, 6) is -1.03. The van der Waals surface area contributed by atoms with Crippen LogP contribution in [0.3, 0.4) is 0 Å². The van der Waals surface area contributed by atoms with Crippen LogP contribution >= 0.6 is 0 Å². The van der Waals surface area contributed by atoms with Crippen LogP contribution in [0.15, 0.2) is 53.4 Å². The highest BCUT2D eigenvalue weighted by atomic mass is 32.2. The minimum Gasteiger partial charge on any atom is -0.454 e. The third kappa shape index (κ3) is 4.88. The lowest BCUT2D eigenvalue weighted by Crippen LogP contribution is -2.31. The topological polar surface area (TPSA) is 84.0 Å². The number of esters is 1. The third-order valence-electron chi connectivity index (χ3n) is 5.09. The normalized spacial score (nSPS) is 14.6. The van der Waals surface area contributed by atoms with Crippen molar-refractivity contribution in [2.75, 3.05) is 38.7 Å². The Kier molecular flexibility index (Phi) is 6.89. The van der Waals surface area contributed by atoms with E-state index in [0.717, 1.165) is 36.7 Å². The zero-order valence-corrected chi connectivity index (χ0v) is 18.0. The van der Waals surface area contributed by atoms with Crippen LogP contribution in [-0.4, -0.2) is 58.3 Å². The van der Waals surface area contributed by atoms with Gasteiger partial charge < -0.3 is 9.64 Å². The van der Waals surface area contributed by atoms with Crippen molar-refractivity contribution >= 4 is 27.5 Å². The largest absolute Gasteiger partial charge is 0.454 e. The maximum absolute atomic E-state index is 12.9. The SMILES string of the molecule is CN(C)S(=O)(=O)c1ccc(N2CCCCC2)c(C(=O)OCC(=O)c2ccccc2)c1. The van der Waals surface area contributed by atoms with Crippen LogP contribution in [-0.2, 0) is 14.8 Å². The van der Waals surface area contributed by atoms with Crippen molar-refractivity contribution < 1.29 is 22.7 Å². The summed E-state index contributed by atoms with van der Waals surface area (Å²) < 4.78 is 31.5. The standard InChI is InChI=1S/C22H26N2O5S/c1-23(2)30(27,28)18-11-12-20(24-13-7-4-8-14-24)19(15-18)22(26)29-16-21(25)17-9-5-3-6-10-17/h3,5-6,9-12,15H,4,7-8,13-14,16H2,1-2H3. The molecule has 0 atom stereocenters. The van der Waals surface area contributed by atoms with Gasteiger partial charge in [0, 0.05) is 32.7 Å². The van der Waals surface area contributed by atoms with E-state index in [1.165, 1.54) is 26.2 Å². The van der Waals surface area contributed by atoms with E-state index in [2.05, 4.69) is 4.90 Å². The van der Waals surface area contributed by atoms with Crippen LogP contribution in [0.25, 0.3) is 0 Å². The number of rotatable bonds is 7. The molecule has 0 aliphatic carbocycles. The number of hydrogen-bond acceptors (Lipinski definition) is 6. The number of nitrogens with zero attached hydrogens (tertiary/aromatic N) is 2. The summed E-state index contributed by atoms with van der Waals surface area (Å²) >= 11 is 0. The molecule has 3 rings (SSSR count). The number of carbonyl (C=O) groups is 2. The van der Waals surface area contributed by atoms with Gasteiger partial charge in [0.2, 0.25) is 10.0 Å². The lowest BCUT2D eigenvalue weighted by atomic mass is 10.1.